The Bertz CT molecular complexity index is 1450. The Balaban J connectivity index is 1.77. The molecule has 9 nitrogen and oxygen atoms in total. The lowest BCUT2D eigenvalue weighted by Crippen LogP contribution is -2.43. The predicted octanol–water partition coefficient (Wildman–Crippen LogP) is 4.74. The summed E-state index contributed by atoms with van der Waals surface area (Å²) in [5, 5.41) is 13.4. The molecule has 4 rings (SSSR count). The highest BCUT2D eigenvalue weighted by molar-refractivity contribution is 7.93. The number of carboxylic acid groups (broad SMARTS) is 1. The van der Waals surface area contributed by atoms with E-state index in [1.165, 1.54) is 21.3 Å². The fraction of sp³-hybridized carbons (Fsp3) is 0.333. The molecule has 0 spiro atoms. The summed E-state index contributed by atoms with van der Waals surface area (Å²) < 4.78 is 56.5. The predicted molar refractivity (Wildman–Crippen MR) is 141 cm³/mol. The fourth-order valence-corrected chi connectivity index (χ4v) is 5.79. The summed E-state index contributed by atoms with van der Waals surface area (Å²) in [6.07, 6.45) is 4.05. The van der Waals surface area contributed by atoms with E-state index in [9.17, 15) is 17.6 Å². The van der Waals surface area contributed by atoms with Crippen LogP contribution in [0.2, 0.25) is 0 Å². The molecular formula is C27H30FN3O6S. The number of carbonyl (C=O) groups is 1. The molecule has 1 aliphatic rings. The Kier molecular flexibility index (Phi) is 8.05. The number of aliphatic carboxylic acids is 1. The lowest BCUT2D eigenvalue weighted by Gasteiger charge is -2.35. The molecule has 0 saturated heterocycles. The van der Waals surface area contributed by atoms with Crippen molar-refractivity contribution in [2.75, 3.05) is 17.5 Å². The number of hydrogen-bond acceptors (Lipinski definition) is 6. The summed E-state index contributed by atoms with van der Waals surface area (Å²) in [7, 11) is -4.17. The van der Waals surface area contributed by atoms with Gasteiger partial charge in [-0.25, -0.2) is 12.8 Å². The monoisotopic (exact) mass is 543 g/mol. The maximum Gasteiger partial charge on any atom is 0.303 e. The van der Waals surface area contributed by atoms with Crippen molar-refractivity contribution in [3.8, 4) is 11.6 Å². The number of anilines is 1. The first kappa shape index (κ1) is 27.2. The highest BCUT2D eigenvalue weighted by Gasteiger charge is 2.37. The second-order valence-corrected chi connectivity index (χ2v) is 10.7. The largest absolute Gasteiger partial charge is 0.486 e. The van der Waals surface area contributed by atoms with E-state index in [1.54, 1.807) is 56.3 Å². The zero-order valence-corrected chi connectivity index (χ0v) is 22.2. The molecule has 1 aromatic heterocycles. The van der Waals surface area contributed by atoms with Crippen LogP contribution in [0, 0.1) is 12.7 Å². The normalized spacial score (nSPS) is 15.4. The number of aromatic nitrogens is 2. The minimum Gasteiger partial charge on any atom is -0.486 e. The van der Waals surface area contributed by atoms with Gasteiger partial charge in [0, 0.05) is 24.7 Å². The van der Waals surface area contributed by atoms with E-state index in [0.29, 0.717) is 23.4 Å². The molecule has 1 aliphatic heterocycles. The molecule has 11 heteroatoms. The molecule has 1 N–H and O–H groups in total. The maximum atomic E-state index is 14.3. The van der Waals surface area contributed by atoms with Gasteiger partial charge in [0.1, 0.15) is 17.7 Å². The van der Waals surface area contributed by atoms with Gasteiger partial charge < -0.3 is 14.6 Å². The van der Waals surface area contributed by atoms with Crippen LogP contribution in [-0.4, -0.2) is 48.5 Å². The van der Waals surface area contributed by atoms with E-state index in [0.717, 1.165) is 5.56 Å². The van der Waals surface area contributed by atoms with Crippen LogP contribution in [0.4, 0.5) is 10.1 Å². The molecule has 202 valence electrons. The van der Waals surface area contributed by atoms with Crippen LogP contribution in [0.15, 0.2) is 47.5 Å². The quantitative estimate of drug-likeness (QED) is 0.368. The zero-order chi connectivity index (χ0) is 27.4. The first-order valence-electron chi connectivity index (χ1n) is 12.3. The lowest BCUT2D eigenvalue weighted by atomic mass is 10.1. The third-order valence-electron chi connectivity index (χ3n) is 6.18. The summed E-state index contributed by atoms with van der Waals surface area (Å²) in [5.74, 6) is -1.06. The molecule has 3 aromatic rings. The van der Waals surface area contributed by atoms with Crippen molar-refractivity contribution in [1.29, 1.82) is 0 Å². The minimum atomic E-state index is -4.17. The van der Waals surface area contributed by atoms with Gasteiger partial charge in [0.05, 0.1) is 18.8 Å². The maximum absolute atomic E-state index is 14.3. The zero-order valence-electron chi connectivity index (χ0n) is 21.4. The van der Waals surface area contributed by atoms with Crippen molar-refractivity contribution >= 4 is 33.8 Å². The topological polar surface area (TPSA) is 111 Å². The summed E-state index contributed by atoms with van der Waals surface area (Å²) in [6, 6.07) is 9.84. The molecule has 0 radical (unpaired) electrons. The first-order chi connectivity index (χ1) is 18.1. The lowest BCUT2D eigenvalue weighted by molar-refractivity contribution is -0.137. The number of aryl methyl sites for hydroxylation is 2. The number of benzene rings is 2. The third-order valence-corrected chi connectivity index (χ3v) is 7.94. The number of nitrogens with zero attached hydrogens (tertiary/aromatic N) is 3. The molecule has 0 aliphatic carbocycles. The van der Waals surface area contributed by atoms with Gasteiger partial charge in [-0.15, -0.1) is 5.10 Å². The first-order valence-corrected chi connectivity index (χ1v) is 13.8. The fourth-order valence-electron chi connectivity index (χ4n) is 4.21. The number of fused-ring (bicyclic) bond motifs is 1. The van der Waals surface area contributed by atoms with E-state index >= 15 is 0 Å². The van der Waals surface area contributed by atoms with Gasteiger partial charge in [0.2, 0.25) is 0 Å². The van der Waals surface area contributed by atoms with E-state index in [-0.39, 0.29) is 48.3 Å². The molecule has 1 atom stereocenters. The highest BCUT2D eigenvalue weighted by atomic mass is 32.2. The van der Waals surface area contributed by atoms with Gasteiger partial charge in [0.15, 0.2) is 4.90 Å². The molecule has 1 unspecified atom stereocenters. The summed E-state index contributed by atoms with van der Waals surface area (Å²) in [6.45, 7) is 5.96. The average molecular weight is 544 g/mol. The summed E-state index contributed by atoms with van der Waals surface area (Å²) >= 11 is 0. The molecule has 0 fully saturated rings. The van der Waals surface area contributed by atoms with E-state index in [2.05, 4.69) is 5.10 Å². The number of carboxylic acids is 1. The van der Waals surface area contributed by atoms with Crippen molar-refractivity contribution in [3.63, 3.8) is 0 Å². The van der Waals surface area contributed by atoms with Crippen LogP contribution in [0.1, 0.15) is 43.4 Å². The van der Waals surface area contributed by atoms with Crippen molar-refractivity contribution in [2.45, 2.75) is 51.2 Å². The van der Waals surface area contributed by atoms with Crippen LogP contribution in [0.5, 0.6) is 11.6 Å². The summed E-state index contributed by atoms with van der Waals surface area (Å²) in [5.41, 5.74) is 2.13. The Morgan fingerprint density at radius 2 is 2.05 bits per heavy atom. The molecule has 2 heterocycles. The number of ether oxygens (including phenoxy) is 2. The van der Waals surface area contributed by atoms with Gasteiger partial charge in [0.25, 0.3) is 15.9 Å². The molecule has 2 aromatic carbocycles. The third kappa shape index (κ3) is 5.67. The van der Waals surface area contributed by atoms with Crippen molar-refractivity contribution in [2.24, 2.45) is 0 Å². The SMILES string of the molecule is CCOc1nn(CC)cc1S(=O)(=O)N1CC(CCC(=O)O)Oc2ccc(C=Cc3c(C)cccc3F)cc21. The average Bonchev–Trinajstić information content (AvgIpc) is 3.31. The Morgan fingerprint density at radius 3 is 2.74 bits per heavy atom. The highest BCUT2D eigenvalue weighted by Crippen LogP contribution is 2.40. The van der Waals surface area contributed by atoms with E-state index in [4.69, 9.17) is 14.6 Å². The minimum absolute atomic E-state index is 0.00411. The van der Waals surface area contributed by atoms with Crippen molar-refractivity contribution in [3.05, 3.63) is 65.1 Å². The van der Waals surface area contributed by atoms with Gasteiger partial charge in [-0.3, -0.25) is 13.8 Å². The van der Waals surface area contributed by atoms with Gasteiger partial charge >= 0.3 is 5.97 Å². The van der Waals surface area contributed by atoms with Gasteiger partial charge in [-0.2, -0.15) is 0 Å². The van der Waals surface area contributed by atoms with E-state index in [1.807, 2.05) is 6.92 Å². The Labute approximate surface area is 221 Å². The Morgan fingerprint density at radius 1 is 1.26 bits per heavy atom. The Hall–Kier alpha value is -3.86. The van der Waals surface area contributed by atoms with Gasteiger partial charge in [-0.1, -0.05) is 30.4 Å². The molecule has 0 saturated carbocycles. The molecular weight excluding hydrogens is 513 g/mol. The standard InChI is InChI=1S/C27H30FN3O6S/c1-4-30-17-25(27(29-30)36-5-2)38(34,35)31-16-20(11-14-26(32)33)37-24-13-10-19(15-23(24)31)9-12-21-18(3)7-6-8-22(21)28/h6-10,12-13,15,17,20H,4-5,11,14,16H2,1-3H3,(H,32,33). The van der Waals surface area contributed by atoms with Crippen molar-refractivity contribution in [1.82, 2.24) is 9.78 Å². The second-order valence-electron chi connectivity index (χ2n) is 8.83. The smallest absolute Gasteiger partial charge is 0.303 e. The number of halogens is 1. The van der Waals surface area contributed by atoms with Gasteiger partial charge in [-0.05, 0) is 56.5 Å². The van der Waals surface area contributed by atoms with Crippen LogP contribution < -0.4 is 13.8 Å². The molecule has 0 bridgehead atoms. The van der Waals surface area contributed by atoms with Crippen LogP contribution >= 0.6 is 0 Å². The molecule has 38 heavy (non-hydrogen) atoms. The van der Waals surface area contributed by atoms with E-state index < -0.39 is 22.1 Å². The summed E-state index contributed by atoms with van der Waals surface area (Å²) in [4.78, 5) is 11.1. The van der Waals surface area contributed by atoms with Crippen molar-refractivity contribution < 1.29 is 32.2 Å². The second kappa shape index (κ2) is 11.3. The number of sulfonamides is 1. The van der Waals surface area contributed by atoms with Crippen LogP contribution in [-0.2, 0) is 21.4 Å². The molecule has 0 amide bonds. The number of hydrogen-bond donors (Lipinski definition) is 1. The van der Waals surface area contributed by atoms with Crippen LogP contribution in [0.3, 0.4) is 0 Å². The van der Waals surface area contributed by atoms with Crippen LogP contribution in [0.25, 0.3) is 12.2 Å². The number of rotatable bonds is 10.